The van der Waals surface area contributed by atoms with Crippen molar-refractivity contribution in [2.75, 3.05) is 0 Å². The predicted octanol–water partition coefficient (Wildman–Crippen LogP) is 17.9. The summed E-state index contributed by atoms with van der Waals surface area (Å²) < 4.78 is 215. The number of hydrogen-bond donors (Lipinski definition) is 0. The summed E-state index contributed by atoms with van der Waals surface area (Å²) in [4.78, 5) is 27.5. The van der Waals surface area contributed by atoms with Gasteiger partial charge in [0.2, 0.25) is 0 Å². The summed E-state index contributed by atoms with van der Waals surface area (Å²) in [5.74, 6) is -2.56. The summed E-state index contributed by atoms with van der Waals surface area (Å²) in [6, 6.07) is 56.3. The zero-order valence-electron chi connectivity index (χ0n) is 56.4. The quantitative estimate of drug-likeness (QED) is 0.0855. The molecule has 0 unspecified atom stereocenters. The van der Waals surface area contributed by atoms with Gasteiger partial charge in [-0.1, -0.05) is 169 Å². The van der Waals surface area contributed by atoms with E-state index in [2.05, 4.69) is 77.3 Å². The number of pyridine rings is 6. The van der Waals surface area contributed by atoms with Crippen molar-refractivity contribution in [2.45, 2.75) is 68.6 Å². The van der Waals surface area contributed by atoms with Gasteiger partial charge in [0.1, 0.15) is 5.41 Å². The van der Waals surface area contributed by atoms with Crippen LogP contribution in [0.2, 0.25) is 0 Å². The molecule has 10 heterocycles. The second kappa shape index (κ2) is 31.9. The molecule has 0 saturated carbocycles. The van der Waals surface area contributed by atoms with E-state index >= 15 is 0 Å². The van der Waals surface area contributed by atoms with Crippen molar-refractivity contribution in [3.63, 3.8) is 0 Å². The molecular formula is C77H46F16N14Pt3. The topological polar surface area (TPSA) is 149 Å². The van der Waals surface area contributed by atoms with Gasteiger partial charge >= 0.3 is 87.9 Å². The molecule has 0 saturated heterocycles. The van der Waals surface area contributed by atoms with Crippen LogP contribution in [0, 0.1) is 60.2 Å². The number of aromatic nitrogens is 14. The van der Waals surface area contributed by atoms with E-state index in [4.69, 9.17) is 9.97 Å². The third kappa shape index (κ3) is 16.7. The van der Waals surface area contributed by atoms with E-state index in [0.29, 0.717) is 45.6 Å². The van der Waals surface area contributed by atoms with Crippen molar-refractivity contribution in [1.29, 1.82) is 0 Å². The Labute approximate surface area is 658 Å². The van der Waals surface area contributed by atoms with Gasteiger partial charge in [-0.15, -0.1) is 48.5 Å². The van der Waals surface area contributed by atoms with Crippen LogP contribution in [0.15, 0.2) is 206 Å². The van der Waals surface area contributed by atoms with Gasteiger partial charge in [-0.2, -0.15) is 52.7 Å². The van der Waals surface area contributed by atoms with Crippen molar-refractivity contribution >= 4 is 0 Å². The van der Waals surface area contributed by atoms with Gasteiger partial charge < -0.3 is 28.7 Å². The van der Waals surface area contributed by atoms with Crippen LogP contribution in [-0.4, -0.2) is 69.0 Å². The van der Waals surface area contributed by atoms with Gasteiger partial charge in [0.05, 0.1) is 46.0 Å². The van der Waals surface area contributed by atoms with Gasteiger partial charge in [-0.25, -0.2) is 0 Å². The Morgan fingerprint density at radius 2 is 0.591 bits per heavy atom. The van der Waals surface area contributed by atoms with Crippen LogP contribution in [0.25, 0.3) is 56.9 Å². The first-order valence-corrected chi connectivity index (χ1v) is 31.7. The Morgan fingerprint density at radius 3 is 0.891 bits per heavy atom. The number of benzene rings is 4. The summed E-state index contributed by atoms with van der Waals surface area (Å²) in [6.45, 7) is 7.29. The average Bonchev–Trinajstić information content (AvgIpc) is 1.53. The van der Waals surface area contributed by atoms with E-state index in [9.17, 15) is 70.2 Å². The summed E-state index contributed by atoms with van der Waals surface area (Å²) in [7, 11) is 0. The fraction of sp³-hybridized carbons (Fsp3) is 0.143. The van der Waals surface area contributed by atoms with Crippen LogP contribution in [0.4, 0.5) is 70.2 Å². The fourth-order valence-corrected chi connectivity index (χ4v) is 11.8. The predicted molar refractivity (Wildman–Crippen MR) is 353 cm³/mol. The number of rotatable bonds is 12. The number of fused-ring (bicyclic) bond motifs is 3. The molecule has 0 radical (unpaired) electrons. The summed E-state index contributed by atoms with van der Waals surface area (Å²) in [5, 5.41) is 14.2. The van der Waals surface area contributed by atoms with Crippen LogP contribution in [0.1, 0.15) is 95.8 Å². The first kappa shape index (κ1) is 82.1. The van der Waals surface area contributed by atoms with E-state index in [-0.39, 0.29) is 97.6 Å². The van der Waals surface area contributed by atoms with Crippen LogP contribution < -0.4 is 0 Å². The average molecular weight is 2060 g/mol. The standard InChI is InChI=1S/C31H16F6N6.C25H16F4N2.C21H14F6N6.3Pt/c32-30(33,34)25-15-17-42(40-25)27-13-5-11-23(38-27)29(21-9-3-1-7-19(21)20-8-2-4-10-22(20)29)24-12-6-14-28(39-24)43-18-16-26(41-43)31(35,36)37;1-25(2,23-7-3-5-21(30-23)17-11-9-15(26)13-19(17)28)24-8-4-6-22(31-24)18-12-10-16(27)14-20(18)29;1-19(2,13-5-3-7-17(28-13)32-11-9-15(30-32)20(22,23)24)14-6-4-8-18(29-14)33-12-10-16(31-33)21(25,26)27;;;/h1-16H;3-10,13-14H,1-2H3;3-10H,1-2H3;;;/q3*-2;3*+2. The maximum absolute atomic E-state index is 14.2. The zero-order valence-corrected chi connectivity index (χ0v) is 63.2. The molecule has 10 aromatic heterocycles. The molecule has 0 aliphatic heterocycles. The Bertz CT molecular complexity index is 5290. The van der Waals surface area contributed by atoms with Gasteiger partial charge in [-0.3, -0.25) is 57.9 Å². The molecule has 15 rings (SSSR count). The van der Waals surface area contributed by atoms with Crippen molar-refractivity contribution in [2.24, 2.45) is 0 Å². The zero-order chi connectivity index (χ0) is 76.2. The van der Waals surface area contributed by atoms with Crippen LogP contribution in [0.3, 0.4) is 0 Å². The van der Waals surface area contributed by atoms with Crippen molar-refractivity contribution in [1.82, 2.24) is 69.0 Å². The molecule has 0 bridgehead atoms. The van der Waals surface area contributed by atoms with E-state index < -0.39 is 87.0 Å². The van der Waals surface area contributed by atoms with Crippen LogP contribution in [-0.2, 0) is 104 Å². The molecule has 0 N–H and O–H groups in total. The summed E-state index contributed by atoms with van der Waals surface area (Å²) in [5.41, 5.74) is -0.327. The smallest absolute Gasteiger partial charge is 0.343 e. The van der Waals surface area contributed by atoms with Crippen LogP contribution >= 0.6 is 0 Å². The monoisotopic (exact) mass is 2060 g/mol. The Hall–Kier alpha value is -10.4. The third-order valence-electron chi connectivity index (χ3n) is 17.1. The number of halogens is 16. The van der Waals surface area contributed by atoms with E-state index in [1.54, 1.807) is 98.8 Å². The SMILES string of the molecule is CC(C)(c1cccc(-c2[c-]cc(F)cc2F)n1)c1cccc(-c2[c-]cc(F)cc2F)n1.CC(C)(c1cccc(-n2[c-]cc(C(F)(F)F)n2)n1)c1cccc(-n2[c-]cc(C(F)(F)F)n2)n1.FC(F)(F)c1c[c-]n(-c2cccc(C3(c4cccc(-n5[c-]cc(C(F)(F)F)n5)n4)c4ccccc4-c4ccccc43)n2)n1.[Pt+2].[Pt+2].[Pt+2]. The largest absolute Gasteiger partial charge is 2.00 e. The van der Waals surface area contributed by atoms with E-state index in [1.807, 2.05) is 62.4 Å². The number of hydrogen-bond acceptors (Lipinski definition) is 10. The van der Waals surface area contributed by atoms with Gasteiger partial charge in [0.15, 0.2) is 0 Å². The minimum absolute atomic E-state index is 0. The fourth-order valence-electron chi connectivity index (χ4n) is 11.8. The molecule has 0 amide bonds. The minimum Gasteiger partial charge on any atom is -0.343 e. The van der Waals surface area contributed by atoms with Crippen LogP contribution in [0.5, 0.6) is 0 Å². The van der Waals surface area contributed by atoms with E-state index in [0.717, 1.165) is 89.5 Å². The molecule has 1 aliphatic rings. The Kier molecular flexibility index (Phi) is 23.8. The van der Waals surface area contributed by atoms with Crippen molar-refractivity contribution in [3.05, 3.63) is 335 Å². The summed E-state index contributed by atoms with van der Waals surface area (Å²) in [6.07, 6.45) is -8.80. The minimum atomic E-state index is -4.66. The van der Waals surface area contributed by atoms with Crippen molar-refractivity contribution in [3.8, 4) is 56.9 Å². The molecule has 1 aliphatic carbocycles. The molecule has 0 atom stereocenters. The molecule has 0 spiro atoms. The summed E-state index contributed by atoms with van der Waals surface area (Å²) >= 11 is 0. The van der Waals surface area contributed by atoms with Gasteiger partial charge in [0, 0.05) is 68.3 Å². The van der Waals surface area contributed by atoms with Crippen molar-refractivity contribution < 1.29 is 133 Å². The first-order valence-electron chi connectivity index (χ1n) is 31.7. The Morgan fingerprint density at radius 1 is 0.309 bits per heavy atom. The van der Waals surface area contributed by atoms with Gasteiger partial charge in [0.25, 0.3) is 0 Å². The molecule has 566 valence electrons. The molecule has 33 heteroatoms. The van der Waals surface area contributed by atoms with E-state index in [1.165, 1.54) is 24.3 Å². The molecule has 14 aromatic rings. The molecule has 14 nitrogen and oxygen atoms in total. The normalized spacial score (nSPS) is 12.6. The number of nitrogens with zero attached hydrogens (tertiary/aromatic N) is 14. The maximum atomic E-state index is 14.2. The molecule has 4 aromatic carbocycles. The molecular weight excluding hydrogens is 2010 g/mol. The Balaban J connectivity index is 0.000000176. The van der Waals surface area contributed by atoms with Gasteiger partial charge in [-0.05, 0) is 97.7 Å². The molecule has 0 fully saturated rings. The third-order valence-corrected chi connectivity index (χ3v) is 17.1. The second-order valence-corrected chi connectivity index (χ2v) is 24.8. The molecule has 110 heavy (non-hydrogen) atoms. The maximum Gasteiger partial charge on any atom is 2.00 e. The number of alkyl halides is 12. The first-order chi connectivity index (χ1) is 50.7. The second-order valence-electron chi connectivity index (χ2n) is 24.8.